The van der Waals surface area contributed by atoms with Crippen molar-refractivity contribution in [2.45, 2.75) is 44.6 Å². The average Bonchev–Trinajstić information content (AvgIpc) is 3.28. The summed E-state index contributed by atoms with van der Waals surface area (Å²) in [6.07, 6.45) is 4.70. The first-order valence-electron chi connectivity index (χ1n) is 10.6. The van der Waals surface area contributed by atoms with Gasteiger partial charge < -0.3 is 19.3 Å². The molecule has 3 aliphatic rings. The summed E-state index contributed by atoms with van der Waals surface area (Å²) in [6.45, 7) is 2.46. The van der Waals surface area contributed by atoms with Crippen LogP contribution in [0.5, 0.6) is 5.75 Å². The molecular formula is C22H25N4O4P. The highest BCUT2D eigenvalue weighted by Gasteiger charge is 2.45. The molecule has 31 heavy (non-hydrogen) atoms. The molecule has 2 saturated heterocycles. The molecule has 1 N–H and O–H groups in total. The molecule has 3 aliphatic heterocycles. The van der Waals surface area contributed by atoms with Crippen molar-refractivity contribution in [2.75, 3.05) is 13.1 Å². The lowest BCUT2D eigenvalue weighted by Crippen LogP contribution is -2.62. The van der Waals surface area contributed by atoms with E-state index in [1.807, 2.05) is 44.7 Å². The second-order valence-electron chi connectivity index (χ2n) is 8.29. The van der Waals surface area contributed by atoms with E-state index in [0.29, 0.717) is 25.7 Å². The Balaban J connectivity index is 1.48. The number of nitrogens with zero attached hydrogens (tertiary/aromatic N) is 3. The van der Waals surface area contributed by atoms with E-state index in [4.69, 9.17) is 4.52 Å². The van der Waals surface area contributed by atoms with Gasteiger partial charge >= 0.3 is 0 Å². The van der Waals surface area contributed by atoms with Crippen LogP contribution >= 0.6 is 9.47 Å². The molecular weight excluding hydrogens is 415 g/mol. The zero-order valence-electron chi connectivity index (χ0n) is 17.1. The van der Waals surface area contributed by atoms with Gasteiger partial charge in [-0.2, -0.15) is 0 Å². The average molecular weight is 440 g/mol. The van der Waals surface area contributed by atoms with Crippen LogP contribution in [0.15, 0.2) is 41.3 Å². The number of carbonyl (C=O) groups is 2. The number of benzene rings is 1. The fourth-order valence-corrected chi connectivity index (χ4v) is 5.30. The number of hydrogen-bond donors (Lipinski definition) is 1. The van der Waals surface area contributed by atoms with E-state index in [1.54, 1.807) is 4.57 Å². The lowest BCUT2D eigenvalue weighted by Gasteiger charge is -2.48. The molecule has 2 fully saturated rings. The Morgan fingerprint density at radius 2 is 1.97 bits per heavy atom. The highest BCUT2D eigenvalue weighted by atomic mass is 31.0. The van der Waals surface area contributed by atoms with E-state index in [1.165, 1.54) is 6.20 Å². The van der Waals surface area contributed by atoms with Gasteiger partial charge in [0.25, 0.3) is 11.8 Å². The van der Waals surface area contributed by atoms with Gasteiger partial charge in [-0.25, -0.2) is 0 Å². The molecule has 4 heterocycles. The number of pyridine rings is 1. The molecule has 1 aromatic carbocycles. The fraction of sp³-hybridized carbons (Fsp3) is 0.409. The van der Waals surface area contributed by atoms with Crippen molar-refractivity contribution in [3.05, 3.63) is 63.6 Å². The molecule has 1 unspecified atom stereocenters. The molecule has 0 aliphatic carbocycles. The van der Waals surface area contributed by atoms with Gasteiger partial charge in [0.1, 0.15) is 11.7 Å². The maximum atomic E-state index is 13.3. The van der Waals surface area contributed by atoms with E-state index < -0.39 is 11.3 Å². The molecule has 1 aromatic heterocycles. The monoisotopic (exact) mass is 440 g/mol. The van der Waals surface area contributed by atoms with Crippen LogP contribution in [-0.4, -0.2) is 51.5 Å². The van der Waals surface area contributed by atoms with Crippen molar-refractivity contribution in [3.8, 4) is 5.75 Å². The van der Waals surface area contributed by atoms with Gasteiger partial charge in [0.05, 0.1) is 16.0 Å². The number of aromatic nitrogens is 1. The summed E-state index contributed by atoms with van der Waals surface area (Å²) in [5.74, 6) is -0.790. The highest BCUT2D eigenvalue weighted by Crippen LogP contribution is 2.34. The predicted octanol–water partition coefficient (Wildman–Crippen LogP) is 1.60. The molecule has 0 bridgehead atoms. The summed E-state index contributed by atoms with van der Waals surface area (Å²) in [5, 5.41) is 2.80. The van der Waals surface area contributed by atoms with Crippen molar-refractivity contribution >= 4 is 21.3 Å². The van der Waals surface area contributed by atoms with Crippen LogP contribution in [0, 0.1) is 0 Å². The largest absolute Gasteiger partial charge is 0.474 e. The first kappa shape index (κ1) is 20.2. The third-order valence-electron chi connectivity index (χ3n) is 6.59. The fourth-order valence-electron chi connectivity index (χ4n) is 5.08. The van der Waals surface area contributed by atoms with Crippen LogP contribution in [0.1, 0.15) is 45.7 Å². The van der Waals surface area contributed by atoms with E-state index in [9.17, 15) is 14.4 Å². The normalized spacial score (nSPS) is 22.5. The minimum absolute atomic E-state index is 0.0211. The second-order valence-corrected chi connectivity index (χ2v) is 8.53. The summed E-state index contributed by atoms with van der Waals surface area (Å²) in [4.78, 5) is 43.4. The van der Waals surface area contributed by atoms with Gasteiger partial charge in [-0.1, -0.05) is 30.3 Å². The minimum atomic E-state index is -0.574. The minimum Gasteiger partial charge on any atom is -0.474 e. The summed E-state index contributed by atoms with van der Waals surface area (Å²) in [5.41, 5.74) is 0.555. The summed E-state index contributed by atoms with van der Waals surface area (Å²) < 4.78 is 7.00. The second kappa shape index (κ2) is 8.09. The number of hydrogen-bond acceptors (Lipinski definition) is 5. The van der Waals surface area contributed by atoms with Crippen LogP contribution in [-0.2, 0) is 13.1 Å². The number of carbonyl (C=O) groups excluding carboxylic acids is 2. The zero-order valence-corrected chi connectivity index (χ0v) is 18.3. The van der Waals surface area contributed by atoms with E-state index >= 15 is 0 Å². The van der Waals surface area contributed by atoms with E-state index in [0.717, 1.165) is 31.4 Å². The van der Waals surface area contributed by atoms with Crippen molar-refractivity contribution in [1.29, 1.82) is 0 Å². The molecule has 3 atom stereocenters. The van der Waals surface area contributed by atoms with E-state index in [-0.39, 0.29) is 29.1 Å². The van der Waals surface area contributed by atoms with Crippen molar-refractivity contribution in [3.63, 3.8) is 0 Å². The number of nitrogens with one attached hydrogen (secondary N) is 1. The summed E-state index contributed by atoms with van der Waals surface area (Å²) in [6, 6.07) is 9.99. The number of amides is 2. The standard InChI is InChI=1S/C22H25N4O4P/c27-19-16(21(28)23-11-14-5-2-1-3-6-14)12-24-13-17-25-9-4-7-15(25)8-10-26(17)22(29)18(24)20(19)30-31/h1-3,5-6,12,15,17H,4,7-11,13,31H2,(H,23,28)/t15-,17-/m1/s1. The van der Waals surface area contributed by atoms with Gasteiger partial charge in [0.2, 0.25) is 5.43 Å². The quantitative estimate of drug-likeness (QED) is 0.731. The van der Waals surface area contributed by atoms with Gasteiger partial charge in [0, 0.05) is 31.9 Å². The topological polar surface area (TPSA) is 83.9 Å². The Kier molecular flexibility index (Phi) is 5.28. The Labute approximate surface area is 182 Å². The lowest BCUT2D eigenvalue weighted by molar-refractivity contribution is -0.0209. The lowest BCUT2D eigenvalue weighted by atomic mass is 10.0. The molecule has 2 amide bonds. The van der Waals surface area contributed by atoms with Crippen LogP contribution in [0.2, 0.25) is 0 Å². The van der Waals surface area contributed by atoms with Crippen LogP contribution < -0.4 is 15.3 Å². The maximum absolute atomic E-state index is 13.3. The van der Waals surface area contributed by atoms with Crippen LogP contribution in [0.4, 0.5) is 0 Å². The molecule has 2 aromatic rings. The van der Waals surface area contributed by atoms with Gasteiger partial charge in [0.15, 0.2) is 11.4 Å². The number of fused-ring (bicyclic) bond motifs is 4. The van der Waals surface area contributed by atoms with Crippen molar-refractivity contribution in [1.82, 2.24) is 19.7 Å². The predicted molar refractivity (Wildman–Crippen MR) is 118 cm³/mol. The van der Waals surface area contributed by atoms with Crippen LogP contribution in [0.3, 0.4) is 0 Å². The van der Waals surface area contributed by atoms with Gasteiger partial charge in [-0.3, -0.25) is 19.3 Å². The summed E-state index contributed by atoms with van der Waals surface area (Å²) in [7, 11) is 2.04. The van der Waals surface area contributed by atoms with E-state index in [2.05, 4.69) is 10.2 Å². The van der Waals surface area contributed by atoms with Crippen molar-refractivity contribution in [2.24, 2.45) is 0 Å². The van der Waals surface area contributed by atoms with Crippen LogP contribution in [0.25, 0.3) is 0 Å². The maximum Gasteiger partial charge on any atom is 0.275 e. The summed E-state index contributed by atoms with van der Waals surface area (Å²) >= 11 is 0. The third-order valence-corrected chi connectivity index (χ3v) is 6.82. The Morgan fingerprint density at radius 3 is 2.74 bits per heavy atom. The van der Waals surface area contributed by atoms with Gasteiger partial charge in [-0.05, 0) is 24.8 Å². The smallest absolute Gasteiger partial charge is 0.275 e. The molecule has 5 rings (SSSR count). The Hall–Kier alpha value is -2.70. The Morgan fingerprint density at radius 1 is 1.16 bits per heavy atom. The highest BCUT2D eigenvalue weighted by molar-refractivity contribution is 7.10. The number of rotatable bonds is 4. The molecule has 0 spiro atoms. The molecule has 162 valence electrons. The van der Waals surface area contributed by atoms with Gasteiger partial charge in [-0.15, -0.1) is 0 Å². The first-order valence-corrected chi connectivity index (χ1v) is 11.1. The van der Waals surface area contributed by atoms with Crippen molar-refractivity contribution < 1.29 is 14.1 Å². The Bertz CT molecular complexity index is 1090. The third kappa shape index (κ3) is 3.44. The molecule has 0 radical (unpaired) electrons. The molecule has 9 heteroatoms. The molecule has 8 nitrogen and oxygen atoms in total. The molecule has 0 saturated carbocycles. The zero-order chi connectivity index (χ0) is 21.5. The SMILES string of the molecule is O=C(NCc1ccccc1)c1cn2c(c(OP)c1=O)C(=O)N1CC[C@H]3CCCN3[C@H]1C2. The first-order chi connectivity index (χ1) is 15.1.